The van der Waals surface area contributed by atoms with Gasteiger partial charge in [-0.15, -0.1) is 0 Å². The molecule has 1 aromatic heterocycles. The Morgan fingerprint density at radius 1 is 1.35 bits per heavy atom. The molecule has 8 nitrogen and oxygen atoms in total. The second kappa shape index (κ2) is 7.77. The number of nitrogens with zero attached hydrogens (tertiary/aromatic N) is 3. The predicted octanol–water partition coefficient (Wildman–Crippen LogP) is -0.331. The fourth-order valence-corrected chi connectivity index (χ4v) is 5.79. The molecule has 3 heterocycles. The number of quaternary nitrogens is 1. The van der Waals surface area contributed by atoms with Crippen molar-refractivity contribution < 1.29 is 22.8 Å². The van der Waals surface area contributed by atoms with Gasteiger partial charge in [0.15, 0.2) is 16.5 Å². The molecule has 1 aromatic rings. The van der Waals surface area contributed by atoms with E-state index >= 15 is 0 Å². The molecule has 2 aliphatic heterocycles. The van der Waals surface area contributed by atoms with Crippen LogP contribution in [-0.4, -0.2) is 59.9 Å². The molecule has 0 bridgehead atoms. The van der Waals surface area contributed by atoms with Gasteiger partial charge in [-0.2, -0.15) is 9.78 Å². The Kier molecular flexibility index (Phi) is 5.83. The van der Waals surface area contributed by atoms with Crippen LogP contribution in [0.4, 0.5) is 0 Å². The van der Waals surface area contributed by atoms with Crippen molar-refractivity contribution in [3.05, 3.63) is 10.6 Å². The van der Waals surface area contributed by atoms with Crippen molar-refractivity contribution in [3.63, 3.8) is 0 Å². The van der Waals surface area contributed by atoms with E-state index in [-0.39, 0.29) is 29.3 Å². The van der Waals surface area contributed by atoms with Gasteiger partial charge in [0.25, 0.3) is 0 Å². The Balaban J connectivity index is 1.64. The number of carbonyl (C=O) groups is 1. The minimum Gasteiger partial charge on any atom is -0.466 e. The summed E-state index contributed by atoms with van der Waals surface area (Å²) in [5.41, 5.74) is 0. The lowest BCUT2D eigenvalue weighted by molar-refractivity contribution is -0.929. The highest BCUT2D eigenvalue weighted by atomic mass is 32.2. The minimum atomic E-state index is -2.96. The molecule has 0 saturated carbocycles. The van der Waals surface area contributed by atoms with E-state index in [2.05, 4.69) is 5.10 Å². The van der Waals surface area contributed by atoms with Gasteiger partial charge < -0.3 is 14.2 Å². The van der Waals surface area contributed by atoms with Crippen LogP contribution in [0.25, 0.3) is 0 Å². The summed E-state index contributed by atoms with van der Waals surface area (Å²) >= 11 is 5.50. The van der Waals surface area contributed by atoms with Crippen LogP contribution in [0.3, 0.4) is 0 Å². The zero-order chi connectivity index (χ0) is 18.9. The molecule has 0 aliphatic carbocycles. The van der Waals surface area contributed by atoms with E-state index in [0.29, 0.717) is 24.5 Å². The Morgan fingerprint density at radius 3 is 2.62 bits per heavy atom. The molecule has 146 valence electrons. The third-order valence-corrected chi connectivity index (χ3v) is 7.61. The first-order valence-electron chi connectivity index (χ1n) is 9.15. The van der Waals surface area contributed by atoms with Crippen molar-refractivity contribution in [2.24, 2.45) is 13.0 Å². The van der Waals surface area contributed by atoms with Gasteiger partial charge in [-0.05, 0) is 25.6 Å². The number of esters is 1. The molecule has 0 spiro atoms. The van der Waals surface area contributed by atoms with Crippen LogP contribution < -0.4 is 4.90 Å². The number of likely N-dealkylation sites (tertiary alicyclic amines) is 1. The van der Waals surface area contributed by atoms with E-state index in [0.717, 1.165) is 31.8 Å². The maximum absolute atomic E-state index is 11.8. The summed E-state index contributed by atoms with van der Waals surface area (Å²) in [4.78, 5) is 13.2. The van der Waals surface area contributed by atoms with Crippen LogP contribution in [0.1, 0.15) is 37.9 Å². The number of ether oxygens (including phenoxy) is 1. The van der Waals surface area contributed by atoms with Gasteiger partial charge in [-0.3, -0.25) is 4.79 Å². The topological polar surface area (TPSA) is 87.6 Å². The Bertz CT molecular complexity index is 822. The molecule has 10 heteroatoms. The molecular weight excluding hydrogens is 376 g/mol. The molecule has 0 amide bonds. The SMILES string of the molecule is CCOC(=O)C1CC[NH+](Cn2nc([C@H]3CCS(=O)(=O)C3)n(C)c2=S)CC1. The number of carbonyl (C=O) groups excluding carboxylic acids is 1. The number of rotatable bonds is 5. The van der Waals surface area contributed by atoms with E-state index in [4.69, 9.17) is 17.0 Å². The third-order valence-electron chi connectivity index (χ3n) is 5.36. The summed E-state index contributed by atoms with van der Waals surface area (Å²) < 4.78 is 32.9. The van der Waals surface area contributed by atoms with Gasteiger partial charge in [0.2, 0.25) is 4.77 Å². The van der Waals surface area contributed by atoms with Crippen molar-refractivity contribution in [2.45, 2.75) is 38.8 Å². The second-order valence-corrected chi connectivity index (χ2v) is 9.83. The lowest BCUT2D eigenvalue weighted by atomic mass is 9.97. The fourth-order valence-electron chi connectivity index (χ4n) is 3.85. The quantitative estimate of drug-likeness (QED) is 0.535. The summed E-state index contributed by atoms with van der Waals surface area (Å²) in [5.74, 6) is 0.976. The zero-order valence-corrected chi connectivity index (χ0v) is 16.9. The van der Waals surface area contributed by atoms with Crippen LogP contribution in [0.5, 0.6) is 0 Å². The van der Waals surface area contributed by atoms with Crippen molar-refractivity contribution in [2.75, 3.05) is 31.2 Å². The molecule has 0 radical (unpaired) electrons. The summed E-state index contributed by atoms with van der Waals surface area (Å²) in [6.45, 7) is 4.63. The van der Waals surface area contributed by atoms with Crippen LogP contribution in [0.2, 0.25) is 0 Å². The van der Waals surface area contributed by atoms with E-state index in [1.807, 2.05) is 18.5 Å². The number of hydrogen-bond donors (Lipinski definition) is 1. The van der Waals surface area contributed by atoms with Crippen molar-refractivity contribution in [1.82, 2.24) is 14.3 Å². The first-order valence-corrected chi connectivity index (χ1v) is 11.4. The highest BCUT2D eigenvalue weighted by Gasteiger charge is 2.33. The molecule has 2 aliphatic rings. The summed E-state index contributed by atoms with van der Waals surface area (Å²) in [7, 11) is -1.10. The number of nitrogens with one attached hydrogen (secondary N) is 1. The van der Waals surface area contributed by atoms with Crippen LogP contribution in [-0.2, 0) is 33.1 Å². The lowest BCUT2D eigenvalue weighted by Gasteiger charge is -2.27. The fraction of sp³-hybridized carbons (Fsp3) is 0.812. The van der Waals surface area contributed by atoms with Crippen LogP contribution in [0.15, 0.2) is 0 Å². The zero-order valence-electron chi connectivity index (χ0n) is 15.3. The summed E-state index contributed by atoms with van der Waals surface area (Å²) in [6, 6.07) is 0. The number of aromatic nitrogens is 3. The average molecular weight is 404 g/mol. The van der Waals surface area contributed by atoms with Crippen LogP contribution >= 0.6 is 12.2 Å². The Hall–Kier alpha value is -1.26. The van der Waals surface area contributed by atoms with Crippen molar-refractivity contribution in [3.8, 4) is 0 Å². The average Bonchev–Trinajstić information content (AvgIpc) is 3.09. The van der Waals surface area contributed by atoms with Gasteiger partial charge in [0.1, 0.15) is 5.82 Å². The first-order chi connectivity index (χ1) is 12.3. The van der Waals surface area contributed by atoms with Gasteiger partial charge in [-0.25, -0.2) is 8.42 Å². The van der Waals surface area contributed by atoms with Gasteiger partial charge in [-0.1, -0.05) is 0 Å². The van der Waals surface area contributed by atoms with Crippen molar-refractivity contribution in [1.29, 1.82) is 0 Å². The molecule has 1 atom stereocenters. The van der Waals surface area contributed by atoms with Crippen LogP contribution in [0, 0.1) is 10.7 Å². The molecule has 0 aromatic carbocycles. The first kappa shape index (κ1) is 19.5. The predicted molar refractivity (Wildman–Crippen MR) is 98.1 cm³/mol. The normalized spacial score (nSPS) is 28.2. The van der Waals surface area contributed by atoms with E-state index in [9.17, 15) is 13.2 Å². The summed E-state index contributed by atoms with van der Waals surface area (Å²) in [5, 5.41) is 4.63. The van der Waals surface area contributed by atoms with Gasteiger partial charge >= 0.3 is 5.97 Å². The molecule has 0 unspecified atom stereocenters. The molecule has 26 heavy (non-hydrogen) atoms. The Morgan fingerprint density at radius 2 is 2.04 bits per heavy atom. The highest BCUT2D eigenvalue weighted by molar-refractivity contribution is 7.91. The standard InChI is InChI=1S/C16H26N4O4S2/c1-3-24-15(21)12-4-7-19(8-5-12)11-20-16(25)18(2)14(17-20)13-6-9-26(22,23)10-13/h12-13H,3-11H2,1-2H3/p+1/t13-/m0/s1. The smallest absolute Gasteiger partial charge is 0.309 e. The molecule has 3 rings (SSSR count). The van der Waals surface area contributed by atoms with Gasteiger partial charge in [0, 0.05) is 25.8 Å². The largest absolute Gasteiger partial charge is 0.466 e. The highest BCUT2D eigenvalue weighted by Crippen LogP contribution is 2.27. The Labute approximate surface area is 159 Å². The van der Waals surface area contributed by atoms with E-state index < -0.39 is 9.84 Å². The molecule has 2 fully saturated rings. The molecule has 2 saturated heterocycles. The third kappa shape index (κ3) is 4.17. The lowest BCUT2D eigenvalue weighted by Crippen LogP contribution is -3.12. The van der Waals surface area contributed by atoms with E-state index in [1.165, 1.54) is 4.90 Å². The van der Waals surface area contributed by atoms with Gasteiger partial charge in [0.05, 0.1) is 37.1 Å². The summed E-state index contributed by atoms with van der Waals surface area (Å²) in [6.07, 6.45) is 2.23. The minimum absolute atomic E-state index is 0.00494. The maximum Gasteiger partial charge on any atom is 0.309 e. The van der Waals surface area contributed by atoms with E-state index in [1.54, 1.807) is 4.68 Å². The molecular formula is C16H27N4O4S2+. The number of sulfone groups is 1. The number of hydrogen-bond acceptors (Lipinski definition) is 6. The second-order valence-electron chi connectivity index (χ2n) is 7.23. The number of piperidine rings is 1. The maximum atomic E-state index is 11.8. The monoisotopic (exact) mass is 403 g/mol. The molecule has 1 N–H and O–H groups in total. The van der Waals surface area contributed by atoms with Crippen molar-refractivity contribution >= 4 is 28.0 Å².